The van der Waals surface area contributed by atoms with Gasteiger partial charge in [0.05, 0.1) is 0 Å². The van der Waals surface area contributed by atoms with Gasteiger partial charge in [0.15, 0.2) is 0 Å². The van der Waals surface area contributed by atoms with Gasteiger partial charge in [-0.2, -0.15) is 11.3 Å². The lowest BCUT2D eigenvalue weighted by molar-refractivity contribution is -0.124. The van der Waals surface area contributed by atoms with E-state index in [2.05, 4.69) is 10.6 Å². The van der Waals surface area contributed by atoms with E-state index in [9.17, 15) is 9.59 Å². The number of nitrogens with one attached hydrogen (secondary N) is 2. The lowest BCUT2D eigenvalue weighted by Gasteiger charge is -2.20. The van der Waals surface area contributed by atoms with E-state index < -0.39 is 5.41 Å². The summed E-state index contributed by atoms with van der Waals surface area (Å²) >= 11 is 1.63. The molecule has 0 aliphatic heterocycles. The Morgan fingerprint density at radius 2 is 1.90 bits per heavy atom. The Morgan fingerprint density at radius 3 is 2.48 bits per heavy atom. The van der Waals surface area contributed by atoms with Gasteiger partial charge < -0.3 is 15.7 Å². The number of carbonyl (C=O) groups excluding carboxylic acids is 2. The smallest absolute Gasteiger partial charge is 0.220 e. The van der Waals surface area contributed by atoms with Crippen molar-refractivity contribution in [2.75, 3.05) is 19.7 Å². The molecule has 1 heterocycles. The highest BCUT2D eigenvalue weighted by Crippen LogP contribution is 2.18. The van der Waals surface area contributed by atoms with Gasteiger partial charge in [0.1, 0.15) is 0 Å². The fraction of sp³-hybridized carbons (Fsp3) is 0.600. The largest absolute Gasteiger partial charge is 0.396 e. The van der Waals surface area contributed by atoms with Crippen molar-refractivity contribution in [3.05, 3.63) is 22.4 Å². The van der Waals surface area contributed by atoms with Crippen molar-refractivity contribution in [1.82, 2.24) is 10.6 Å². The second-order valence-corrected chi connectivity index (χ2v) is 6.61. The molecule has 0 saturated heterocycles. The van der Waals surface area contributed by atoms with Gasteiger partial charge in [-0.1, -0.05) is 13.8 Å². The van der Waals surface area contributed by atoms with Crippen molar-refractivity contribution < 1.29 is 14.7 Å². The minimum absolute atomic E-state index is 0.00821. The van der Waals surface area contributed by atoms with Crippen molar-refractivity contribution in [2.24, 2.45) is 5.41 Å². The van der Waals surface area contributed by atoms with Crippen LogP contribution in [0.25, 0.3) is 0 Å². The molecule has 0 bridgehead atoms. The van der Waals surface area contributed by atoms with Crippen LogP contribution in [0.2, 0.25) is 0 Å². The number of carbonyl (C=O) groups is 2. The summed E-state index contributed by atoms with van der Waals surface area (Å²) in [6.45, 7) is 4.47. The molecule has 0 spiro atoms. The normalized spacial score (nSPS) is 11.2. The van der Waals surface area contributed by atoms with Crippen molar-refractivity contribution in [1.29, 1.82) is 0 Å². The first-order chi connectivity index (χ1) is 9.93. The molecule has 3 N–H and O–H groups in total. The summed E-state index contributed by atoms with van der Waals surface area (Å²) in [5.74, 6) is -0.118. The monoisotopic (exact) mass is 312 g/mol. The van der Waals surface area contributed by atoms with Gasteiger partial charge in [-0.05, 0) is 34.2 Å². The van der Waals surface area contributed by atoms with E-state index in [1.54, 1.807) is 11.3 Å². The quantitative estimate of drug-likeness (QED) is 0.602. The fourth-order valence-electron chi connectivity index (χ4n) is 1.74. The second kappa shape index (κ2) is 8.79. The number of hydrogen-bond acceptors (Lipinski definition) is 4. The van der Waals surface area contributed by atoms with Crippen molar-refractivity contribution in [3.8, 4) is 0 Å². The summed E-state index contributed by atoms with van der Waals surface area (Å²) in [5.41, 5.74) is 0.767. The van der Waals surface area contributed by atoms with E-state index in [-0.39, 0.29) is 24.8 Å². The van der Waals surface area contributed by atoms with Gasteiger partial charge in [-0.3, -0.25) is 9.59 Å². The van der Waals surface area contributed by atoms with E-state index in [1.165, 1.54) is 5.56 Å². The average molecular weight is 312 g/mol. The van der Waals surface area contributed by atoms with Crippen molar-refractivity contribution in [2.45, 2.75) is 33.1 Å². The lowest BCUT2D eigenvalue weighted by Crippen LogP contribution is -2.36. The van der Waals surface area contributed by atoms with Crippen LogP contribution >= 0.6 is 11.3 Å². The molecule has 0 radical (unpaired) electrons. The Morgan fingerprint density at radius 1 is 1.24 bits per heavy atom. The predicted molar refractivity (Wildman–Crippen MR) is 84.1 cm³/mol. The first-order valence-electron chi connectivity index (χ1n) is 7.08. The molecule has 0 unspecified atom stereocenters. The Balaban J connectivity index is 2.08. The van der Waals surface area contributed by atoms with Crippen molar-refractivity contribution >= 4 is 23.2 Å². The second-order valence-electron chi connectivity index (χ2n) is 5.83. The molecule has 1 aromatic rings. The highest BCUT2D eigenvalue weighted by molar-refractivity contribution is 7.07. The molecule has 1 aromatic heterocycles. The maximum Gasteiger partial charge on any atom is 0.220 e. The van der Waals surface area contributed by atoms with Gasteiger partial charge in [0, 0.05) is 32.5 Å². The van der Waals surface area contributed by atoms with Crippen LogP contribution in [0.4, 0.5) is 0 Å². The molecule has 1 rings (SSSR count). The SMILES string of the molecule is CC(C)(CO)CC(=O)NCCNC(=O)CCc1ccsc1. The van der Waals surface area contributed by atoms with Gasteiger partial charge >= 0.3 is 0 Å². The zero-order valence-electron chi connectivity index (χ0n) is 12.6. The van der Waals surface area contributed by atoms with Crippen LogP contribution in [0.5, 0.6) is 0 Å². The number of amides is 2. The zero-order chi connectivity index (χ0) is 15.7. The van der Waals surface area contributed by atoms with E-state index >= 15 is 0 Å². The van der Waals surface area contributed by atoms with Crippen LogP contribution in [0.3, 0.4) is 0 Å². The van der Waals surface area contributed by atoms with Crippen LogP contribution in [0.1, 0.15) is 32.3 Å². The van der Waals surface area contributed by atoms with Gasteiger partial charge in [0.25, 0.3) is 0 Å². The number of aliphatic hydroxyl groups is 1. The topological polar surface area (TPSA) is 78.4 Å². The molecular formula is C15H24N2O3S. The van der Waals surface area contributed by atoms with E-state index in [1.807, 2.05) is 30.7 Å². The number of hydrogen-bond donors (Lipinski definition) is 3. The fourth-order valence-corrected chi connectivity index (χ4v) is 2.44. The van der Waals surface area contributed by atoms with Crippen molar-refractivity contribution in [3.63, 3.8) is 0 Å². The Labute approximate surface area is 129 Å². The molecule has 0 aliphatic rings. The average Bonchev–Trinajstić information content (AvgIpc) is 2.94. The third-order valence-electron chi connectivity index (χ3n) is 3.06. The third kappa shape index (κ3) is 7.82. The molecule has 0 aromatic carbocycles. The van der Waals surface area contributed by atoms with Crippen LogP contribution < -0.4 is 10.6 Å². The molecule has 6 heteroatoms. The first kappa shape index (κ1) is 17.7. The first-order valence-corrected chi connectivity index (χ1v) is 8.02. The number of aryl methyl sites for hydroxylation is 1. The molecule has 0 atom stereocenters. The summed E-state index contributed by atoms with van der Waals surface area (Å²) in [6, 6.07) is 2.01. The summed E-state index contributed by atoms with van der Waals surface area (Å²) in [4.78, 5) is 23.2. The van der Waals surface area contributed by atoms with Gasteiger partial charge in [-0.15, -0.1) is 0 Å². The Hall–Kier alpha value is -1.40. The molecular weight excluding hydrogens is 288 g/mol. The van der Waals surface area contributed by atoms with Crippen LogP contribution in [-0.4, -0.2) is 36.6 Å². The molecule has 0 aliphatic carbocycles. The van der Waals surface area contributed by atoms with Gasteiger partial charge in [0.2, 0.25) is 11.8 Å². The highest BCUT2D eigenvalue weighted by atomic mass is 32.1. The highest BCUT2D eigenvalue weighted by Gasteiger charge is 2.20. The molecule has 0 fully saturated rings. The molecule has 118 valence electrons. The van der Waals surface area contributed by atoms with Crippen LogP contribution in [0, 0.1) is 5.41 Å². The summed E-state index contributed by atoms with van der Waals surface area (Å²) < 4.78 is 0. The summed E-state index contributed by atoms with van der Waals surface area (Å²) in [7, 11) is 0. The zero-order valence-corrected chi connectivity index (χ0v) is 13.5. The number of rotatable bonds is 9. The summed E-state index contributed by atoms with van der Waals surface area (Å²) in [5, 5.41) is 18.6. The number of aliphatic hydroxyl groups excluding tert-OH is 1. The maximum atomic E-state index is 11.6. The van der Waals surface area contributed by atoms with Crippen LogP contribution in [0.15, 0.2) is 16.8 Å². The summed E-state index contributed by atoms with van der Waals surface area (Å²) in [6.07, 6.45) is 1.48. The third-order valence-corrected chi connectivity index (χ3v) is 3.79. The van der Waals surface area contributed by atoms with Gasteiger partial charge in [-0.25, -0.2) is 0 Å². The van der Waals surface area contributed by atoms with Crippen LogP contribution in [-0.2, 0) is 16.0 Å². The molecule has 21 heavy (non-hydrogen) atoms. The standard InChI is InChI=1S/C15H24N2O3S/c1-15(2,11-18)9-14(20)17-7-6-16-13(19)4-3-12-5-8-21-10-12/h5,8,10,18H,3-4,6-7,9,11H2,1-2H3,(H,16,19)(H,17,20). The molecule has 2 amide bonds. The maximum absolute atomic E-state index is 11.6. The van der Waals surface area contributed by atoms with E-state index in [0.717, 1.165) is 6.42 Å². The number of thiophene rings is 1. The Kier molecular flexibility index (Phi) is 7.39. The predicted octanol–water partition coefficient (Wildman–Crippen LogP) is 1.32. The lowest BCUT2D eigenvalue weighted by atomic mass is 9.90. The molecule has 0 saturated carbocycles. The van der Waals surface area contributed by atoms with E-state index in [4.69, 9.17) is 5.11 Å². The molecule has 5 nitrogen and oxygen atoms in total. The Bertz CT molecular complexity index is 444. The van der Waals surface area contributed by atoms with E-state index in [0.29, 0.717) is 19.5 Å². The minimum Gasteiger partial charge on any atom is -0.396 e. The minimum atomic E-state index is -0.409.